The number of carbonyl (C=O) groups is 1. The molecule has 0 spiro atoms. The van der Waals surface area contributed by atoms with Crippen molar-refractivity contribution in [3.63, 3.8) is 0 Å². The number of aliphatic carboxylic acids is 1. The zero-order chi connectivity index (χ0) is 21.2. The summed E-state index contributed by atoms with van der Waals surface area (Å²) in [6.07, 6.45) is 6.53. The van der Waals surface area contributed by atoms with Crippen molar-refractivity contribution in [2.24, 2.45) is 0 Å². The molecule has 0 unspecified atom stereocenters. The Kier molecular flexibility index (Phi) is 7.63. The van der Waals surface area contributed by atoms with Crippen molar-refractivity contribution in [3.8, 4) is 11.4 Å². The van der Waals surface area contributed by atoms with Gasteiger partial charge in [0, 0.05) is 12.4 Å². The van der Waals surface area contributed by atoms with E-state index in [0.717, 1.165) is 23.4 Å². The minimum atomic E-state index is -0.868. The van der Waals surface area contributed by atoms with E-state index in [9.17, 15) is 4.79 Å². The Hall–Kier alpha value is -3.58. The van der Waals surface area contributed by atoms with E-state index in [-0.39, 0.29) is 6.42 Å². The van der Waals surface area contributed by atoms with Gasteiger partial charge in [0.25, 0.3) is 0 Å². The molecule has 3 rings (SSSR count). The number of hydroxylamine groups is 1. The molecule has 2 aromatic carbocycles. The average molecular weight is 407 g/mol. The summed E-state index contributed by atoms with van der Waals surface area (Å²) < 4.78 is 7.45. The van der Waals surface area contributed by atoms with E-state index in [1.807, 2.05) is 36.5 Å². The number of nitrogens with one attached hydrogen (secondary N) is 1. The van der Waals surface area contributed by atoms with Crippen LogP contribution >= 0.6 is 0 Å². The molecule has 0 aliphatic carbocycles. The predicted octanol–water partition coefficient (Wildman–Crippen LogP) is 3.85. The summed E-state index contributed by atoms with van der Waals surface area (Å²) >= 11 is 0. The summed E-state index contributed by atoms with van der Waals surface area (Å²) in [4.78, 5) is 16.4. The average Bonchev–Trinajstić information content (AvgIpc) is 3.28. The Morgan fingerprint density at radius 2 is 2.00 bits per heavy atom. The van der Waals surface area contributed by atoms with Crippen molar-refractivity contribution < 1.29 is 19.5 Å². The van der Waals surface area contributed by atoms with E-state index in [0.29, 0.717) is 24.5 Å². The molecule has 30 heavy (non-hydrogen) atoms. The molecule has 1 heterocycles. The van der Waals surface area contributed by atoms with E-state index < -0.39 is 5.97 Å². The third kappa shape index (κ3) is 6.22. The van der Waals surface area contributed by atoms with E-state index >= 15 is 0 Å². The van der Waals surface area contributed by atoms with Crippen LogP contribution in [0.25, 0.3) is 11.4 Å². The van der Waals surface area contributed by atoms with Crippen LogP contribution in [0.1, 0.15) is 24.5 Å². The predicted molar refractivity (Wildman–Crippen MR) is 114 cm³/mol. The molecule has 1 aromatic heterocycles. The first-order valence-corrected chi connectivity index (χ1v) is 9.77. The molecule has 7 heteroatoms. The highest BCUT2D eigenvalue weighted by Gasteiger charge is 2.04. The third-order valence-electron chi connectivity index (χ3n) is 4.25. The van der Waals surface area contributed by atoms with Crippen molar-refractivity contribution >= 4 is 11.7 Å². The van der Waals surface area contributed by atoms with Crippen molar-refractivity contribution in [3.05, 3.63) is 84.2 Å². The molecular formula is C23H25N3O4. The van der Waals surface area contributed by atoms with Gasteiger partial charge in [-0.25, -0.2) is 4.68 Å². The molecule has 0 bridgehead atoms. The van der Waals surface area contributed by atoms with Crippen LogP contribution in [0.2, 0.25) is 0 Å². The molecule has 3 aromatic rings. The quantitative estimate of drug-likeness (QED) is 0.371. The maximum atomic E-state index is 10.8. The SMILES string of the molecule is CCC=C(NOCCOc1cccc(CC(=O)O)c1)c1ccc(-n2cccn2)cc1. The molecule has 0 saturated heterocycles. The van der Waals surface area contributed by atoms with Crippen LogP contribution in [0.3, 0.4) is 0 Å². The van der Waals surface area contributed by atoms with Crippen LogP contribution in [0.4, 0.5) is 0 Å². The normalized spacial score (nSPS) is 11.3. The molecule has 0 atom stereocenters. The summed E-state index contributed by atoms with van der Waals surface area (Å²) in [7, 11) is 0. The Morgan fingerprint density at radius 3 is 2.70 bits per heavy atom. The molecule has 0 radical (unpaired) electrons. The lowest BCUT2D eigenvalue weighted by Crippen LogP contribution is -2.18. The first-order valence-electron chi connectivity index (χ1n) is 9.77. The molecule has 156 valence electrons. The van der Waals surface area contributed by atoms with Gasteiger partial charge in [-0.3, -0.25) is 15.1 Å². The second kappa shape index (κ2) is 10.8. The highest BCUT2D eigenvalue weighted by atomic mass is 16.7. The Balaban J connectivity index is 1.48. The maximum Gasteiger partial charge on any atom is 0.307 e. The van der Waals surface area contributed by atoms with Gasteiger partial charge in [0.15, 0.2) is 0 Å². The lowest BCUT2D eigenvalue weighted by molar-refractivity contribution is -0.136. The number of carboxylic acids is 1. The van der Waals surface area contributed by atoms with Crippen LogP contribution in [0, 0.1) is 0 Å². The number of nitrogens with zero attached hydrogens (tertiary/aromatic N) is 2. The fourth-order valence-electron chi connectivity index (χ4n) is 2.89. The molecule has 0 aliphatic heterocycles. The van der Waals surface area contributed by atoms with Crippen LogP contribution in [-0.2, 0) is 16.1 Å². The Bertz CT molecular complexity index is 966. The summed E-state index contributed by atoms with van der Waals surface area (Å²) in [5, 5.41) is 13.1. The van der Waals surface area contributed by atoms with E-state index in [1.165, 1.54) is 0 Å². The van der Waals surface area contributed by atoms with Crippen LogP contribution in [0.5, 0.6) is 5.75 Å². The minimum Gasteiger partial charge on any atom is -0.491 e. The minimum absolute atomic E-state index is 0.0282. The molecule has 0 amide bonds. The summed E-state index contributed by atoms with van der Waals surface area (Å²) in [6, 6.07) is 17.0. The zero-order valence-corrected chi connectivity index (χ0v) is 16.8. The third-order valence-corrected chi connectivity index (χ3v) is 4.25. The van der Waals surface area contributed by atoms with Crippen LogP contribution < -0.4 is 10.2 Å². The fraction of sp³-hybridized carbons (Fsp3) is 0.217. The first-order chi connectivity index (χ1) is 14.7. The standard InChI is InChI=1S/C23H25N3O4/c1-2-5-22(19-8-10-20(11-9-19)26-13-4-12-24-26)25-30-15-14-29-21-7-3-6-18(16-21)17-23(27)28/h3-13,16,25H,2,14-15,17H2,1H3,(H,27,28). The van der Waals surface area contributed by atoms with Crippen molar-refractivity contribution in [2.45, 2.75) is 19.8 Å². The lowest BCUT2D eigenvalue weighted by Gasteiger charge is -2.13. The number of hydrogen-bond acceptors (Lipinski definition) is 5. The second-order valence-corrected chi connectivity index (χ2v) is 6.54. The summed E-state index contributed by atoms with van der Waals surface area (Å²) in [5.74, 6) is -0.247. The van der Waals surface area contributed by atoms with E-state index in [4.69, 9.17) is 14.7 Å². The molecule has 2 N–H and O–H groups in total. The Labute approximate surface area is 175 Å². The molecule has 0 aliphatic rings. The number of carboxylic acid groups (broad SMARTS) is 1. The second-order valence-electron chi connectivity index (χ2n) is 6.54. The van der Waals surface area contributed by atoms with Crippen molar-refractivity contribution in [1.29, 1.82) is 0 Å². The molecule has 0 saturated carbocycles. The number of ether oxygens (including phenoxy) is 1. The maximum absolute atomic E-state index is 10.8. The topological polar surface area (TPSA) is 85.6 Å². The van der Waals surface area contributed by atoms with Gasteiger partial charge >= 0.3 is 5.97 Å². The van der Waals surface area contributed by atoms with Gasteiger partial charge in [-0.05, 0) is 47.9 Å². The van der Waals surface area contributed by atoms with Crippen LogP contribution in [-0.4, -0.2) is 34.1 Å². The van der Waals surface area contributed by atoms with Crippen LogP contribution in [0.15, 0.2) is 73.1 Å². The van der Waals surface area contributed by atoms with E-state index in [1.54, 1.807) is 35.1 Å². The van der Waals surface area contributed by atoms with E-state index in [2.05, 4.69) is 23.6 Å². The number of benzene rings is 2. The van der Waals surface area contributed by atoms with Crippen molar-refractivity contribution in [2.75, 3.05) is 13.2 Å². The highest BCUT2D eigenvalue weighted by Crippen LogP contribution is 2.16. The molecule has 7 nitrogen and oxygen atoms in total. The number of aromatic nitrogens is 2. The first kappa shape index (κ1) is 21.1. The highest BCUT2D eigenvalue weighted by molar-refractivity contribution is 5.70. The lowest BCUT2D eigenvalue weighted by atomic mass is 10.1. The van der Waals surface area contributed by atoms with Gasteiger partial charge in [-0.1, -0.05) is 37.3 Å². The number of allylic oxidation sites excluding steroid dienone is 1. The molecule has 0 fully saturated rings. The van der Waals surface area contributed by atoms with Gasteiger partial charge in [0.1, 0.15) is 19.0 Å². The smallest absolute Gasteiger partial charge is 0.307 e. The number of hydrogen-bond donors (Lipinski definition) is 2. The van der Waals surface area contributed by atoms with Gasteiger partial charge < -0.3 is 9.84 Å². The number of rotatable bonds is 11. The summed E-state index contributed by atoms with van der Waals surface area (Å²) in [6.45, 7) is 2.73. The molecular weight excluding hydrogens is 382 g/mol. The van der Waals surface area contributed by atoms with Gasteiger partial charge in [-0.2, -0.15) is 5.10 Å². The summed E-state index contributed by atoms with van der Waals surface area (Å²) in [5.41, 5.74) is 6.57. The monoisotopic (exact) mass is 407 g/mol. The van der Waals surface area contributed by atoms with Gasteiger partial charge in [-0.15, -0.1) is 0 Å². The van der Waals surface area contributed by atoms with Gasteiger partial charge in [0.05, 0.1) is 17.8 Å². The largest absolute Gasteiger partial charge is 0.491 e. The fourth-order valence-corrected chi connectivity index (χ4v) is 2.89. The Morgan fingerprint density at radius 1 is 1.17 bits per heavy atom. The zero-order valence-electron chi connectivity index (χ0n) is 16.8. The van der Waals surface area contributed by atoms with Crippen molar-refractivity contribution in [1.82, 2.24) is 15.3 Å². The van der Waals surface area contributed by atoms with Gasteiger partial charge in [0.2, 0.25) is 0 Å².